The third-order valence-corrected chi connectivity index (χ3v) is 1.64. The van der Waals surface area contributed by atoms with E-state index in [0.717, 1.165) is 5.56 Å². The number of nitrogens with zero attached hydrogens (tertiary/aromatic N) is 2. The Morgan fingerprint density at radius 1 is 1.54 bits per heavy atom. The van der Waals surface area contributed by atoms with Crippen LogP contribution < -0.4 is 5.32 Å². The first-order chi connectivity index (χ1) is 6.13. The second kappa shape index (κ2) is 3.68. The summed E-state index contributed by atoms with van der Waals surface area (Å²) < 4.78 is 0. The Balaban J connectivity index is 3.01. The summed E-state index contributed by atoms with van der Waals surface area (Å²) in [5, 5.41) is 11.2. The van der Waals surface area contributed by atoms with Crippen molar-refractivity contribution in [2.75, 3.05) is 5.32 Å². The van der Waals surface area contributed by atoms with Gasteiger partial charge in [-0.05, 0) is 19.1 Å². The predicted molar refractivity (Wildman–Crippen MR) is 50.2 cm³/mol. The number of carbonyl (C=O) groups is 1. The van der Waals surface area contributed by atoms with Gasteiger partial charge in [-0.15, -0.1) is 0 Å². The van der Waals surface area contributed by atoms with Crippen LogP contribution in [-0.4, -0.2) is 5.91 Å². The van der Waals surface area contributed by atoms with Crippen LogP contribution in [0.4, 0.5) is 11.4 Å². The van der Waals surface area contributed by atoms with Gasteiger partial charge in [0.05, 0.1) is 6.07 Å². The van der Waals surface area contributed by atoms with E-state index in [1.807, 2.05) is 6.92 Å². The van der Waals surface area contributed by atoms with E-state index >= 15 is 0 Å². The molecule has 0 unspecified atom stereocenters. The molecule has 0 bridgehead atoms. The van der Waals surface area contributed by atoms with Crippen LogP contribution >= 0.6 is 0 Å². The predicted octanol–water partition coefficient (Wildman–Crippen LogP) is 2.44. The average Bonchev–Trinajstić information content (AvgIpc) is 2.07. The molecule has 1 aromatic carbocycles. The maximum absolute atomic E-state index is 10.7. The number of anilines is 1. The summed E-state index contributed by atoms with van der Waals surface area (Å²) >= 11 is 0. The molecule has 4 heteroatoms. The summed E-state index contributed by atoms with van der Waals surface area (Å²) in [6.07, 6.45) is 0. The van der Waals surface area contributed by atoms with E-state index in [0.29, 0.717) is 11.4 Å². The molecule has 0 heterocycles. The summed E-state index contributed by atoms with van der Waals surface area (Å²) in [4.78, 5) is 13.8. The van der Waals surface area contributed by atoms with Crippen LogP contribution in [0.25, 0.3) is 4.98 Å². The van der Waals surface area contributed by atoms with E-state index in [4.69, 9.17) is 5.39 Å². The maximum atomic E-state index is 10.7. The number of aryl methyl sites for hydroxylation is 1. The second-order valence-corrected chi connectivity index (χ2v) is 2.78. The van der Waals surface area contributed by atoms with Gasteiger partial charge >= 0.3 is 5.69 Å². The van der Waals surface area contributed by atoms with Crippen molar-refractivity contribution in [1.82, 2.24) is 0 Å². The summed E-state index contributed by atoms with van der Waals surface area (Å²) in [6.45, 7) is 3.25. The van der Waals surface area contributed by atoms with Gasteiger partial charge in [-0.2, -0.15) is 0 Å². The zero-order chi connectivity index (χ0) is 9.84. The largest absolute Gasteiger partial charge is 0.389 e. The molecule has 0 aromatic heterocycles. The van der Waals surface area contributed by atoms with E-state index in [1.165, 1.54) is 6.92 Å². The summed E-state index contributed by atoms with van der Waals surface area (Å²) in [7, 11) is 0. The van der Waals surface area contributed by atoms with Crippen LogP contribution in [0.5, 0.6) is 0 Å². The van der Waals surface area contributed by atoms with Gasteiger partial charge in [0, 0.05) is 18.2 Å². The fourth-order valence-electron chi connectivity index (χ4n) is 0.998. The van der Waals surface area contributed by atoms with Crippen LogP contribution in [-0.2, 0) is 4.79 Å². The van der Waals surface area contributed by atoms with E-state index in [9.17, 15) is 4.79 Å². The molecule has 1 amide bonds. The van der Waals surface area contributed by atoms with Crippen molar-refractivity contribution in [3.8, 4) is 0 Å². The van der Waals surface area contributed by atoms with Gasteiger partial charge in [-0.25, -0.2) is 0 Å². The van der Waals surface area contributed by atoms with Gasteiger partial charge < -0.3 is 5.32 Å². The molecule has 66 valence electrons. The van der Waals surface area contributed by atoms with Crippen LogP contribution in [0.3, 0.4) is 0 Å². The van der Waals surface area contributed by atoms with Crippen LogP contribution in [0.15, 0.2) is 18.2 Å². The van der Waals surface area contributed by atoms with Crippen molar-refractivity contribution in [3.63, 3.8) is 0 Å². The fourth-order valence-corrected chi connectivity index (χ4v) is 0.998. The van der Waals surface area contributed by atoms with E-state index in [2.05, 4.69) is 10.3 Å². The third-order valence-electron chi connectivity index (χ3n) is 1.64. The van der Waals surface area contributed by atoms with Crippen molar-refractivity contribution >= 4 is 17.3 Å². The molecule has 1 rings (SSSR count). The second-order valence-electron chi connectivity index (χ2n) is 2.78. The molecule has 0 aliphatic rings. The van der Waals surface area contributed by atoms with Crippen LogP contribution in [0.2, 0.25) is 0 Å². The van der Waals surface area contributed by atoms with E-state index in [-0.39, 0.29) is 5.91 Å². The lowest BCUT2D eigenvalue weighted by Gasteiger charge is -1.99. The molecule has 0 saturated heterocycles. The lowest BCUT2D eigenvalue weighted by Crippen LogP contribution is -2.05. The number of hydrogen-bond donors (Lipinski definition) is 1. The van der Waals surface area contributed by atoms with Crippen molar-refractivity contribution < 1.29 is 4.79 Å². The van der Waals surface area contributed by atoms with Crippen LogP contribution in [0.1, 0.15) is 12.5 Å². The zero-order valence-corrected chi connectivity index (χ0v) is 7.53. The highest BCUT2D eigenvalue weighted by Crippen LogP contribution is 2.22. The van der Waals surface area contributed by atoms with Gasteiger partial charge in [0.25, 0.3) is 0 Å². The molecule has 1 aromatic rings. The maximum Gasteiger partial charge on any atom is 0.389 e. The summed E-state index contributed by atoms with van der Waals surface area (Å²) in [5.41, 5.74) is 1.95. The highest BCUT2D eigenvalue weighted by Gasteiger charge is 2.10. The molecule has 0 atom stereocenters. The van der Waals surface area contributed by atoms with Gasteiger partial charge in [0.1, 0.15) is 0 Å². The van der Waals surface area contributed by atoms with Gasteiger partial charge in [-0.3, -0.25) is 4.79 Å². The minimum Gasteiger partial charge on any atom is -0.326 e. The molecule has 13 heavy (non-hydrogen) atoms. The van der Waals surface area contributed by atoms with Crippen molar-refractivity contribution in [2.24, 2.45) is 0 Å². The number of rotatable bonds is 1. The Kier molecular flexibility index (Phi) is 2.60. The molecule has 0 aliphatic carbocycles. The van der Waals surface area contributed by atoms with Gasteiger partial charge in [-0.1, -0.05) is 0 Å². The number of hydrogen-bond acceptors (Lipinski definition) is 2. The summed E-state index contributed by atoms with van der Waals surface area (Å²) in [6, 6.07) is 5.14. The first kappa shape index (κ1) is 9.20. The zero-order valence-electron chi connectivity index (χ0n) is 7.53. The lowest BCUT2D eigenvalue weighted by molar-refractivity contribution is -0.114. The quantitative estimate of drug-likeness (QED) is 0.668. The fraction of sp³-hybridized carbons (Fsp3) is 0.222. The average molecular weight is 176 g/mol. The Bertz CT molecular complexity index is 379. The molecule has 0 fully saturated rings. The highest BCUT2D eigenvalue weighted by molar-refractivity contribution is 5.89. The first-order valence-electron chi connectivity index (χ1n) is 3.87. The minimum absolute atomic E-state index is 0.146. The van der Waals surface area contributed by atoms with E-state index < -0.39 is 0 Å². The smallest absolute Gasteiger partial charge is 0.326 e. The topological polar surface area (TPSA) is 57.2 Å². The Morgan fingerprint density at radius 3 is 2.77 bits per heavy atom. The number of benzene rings is 1. The lowest BCUT2D eigenvalue weighted by atomic mass is 10.2. The Labute approximate surface area is 76.2 Å². The Hall–Kier alpha value is -1.89. The van der Waals surface area contributed by atoms with Gasteiger partial charge in [0.2, 0.25) is 11.3 Å². The highest BCUT2D eigenvalue weighted by atomic mass is 16.1. The first-order valence-corrected chi connectivity index (χ1v) is 3.87. The minimum atomic E-state index is -0.146. The standard InChI is InChI=1S/C9H9N3O/c1-6-3-4-8(11-7(2)13)5-9(6)12-10/h3-5H,1-2H3/p+1. The molecule has 0 aliphatic heterocycles. The SMILES string of the molecule is CC(=O)Nc1ccc(C)c([N+]#N)c1. The number of diazo groups is 1. The molecule has 0 radical (unpaired) electrons. The van der Waals surface area contributed by atoms with Crippen molar-refractivity contribution in [2.45, 2.75) is 13.8 Å². The summed E-state index contributed by atoms with van der Waals surface area (Å²) in [5.74, 6) is -0.146. The molecule has 1 N–H and O–H groups in total. The van der Waals surface area contributed by atoms with Crippen molar-refractivity contribution in [3.05, 3.63) is 28.7 Å². The monoisotopic (exact) mass is 176 g/mol. The number of nitrogens with one attached hydrogen (secondary N) is 1. The molecule has 0 saturated carbocycles. The normalized spacial score (nSPS) is 9.00. The molecule has 4 nitrogen and oxygen atoms in total. The molecular formula is C9H10N3O+. The van der Waals surface area contributed by atoms with E-state index in [1.54, 1.807) is 18.2 Å². The number of carbonyl (C=O) groups excluding carboxylic acids is 1. The third kappa shape index (κ3) is 2.27. The van der Waals surface area contributed by atoms with Crippen LogP contribution in [0, 0.1) is 12.3 Å². The number of amides is 1. The molecule has 0 spiro atoms. The van der Waals surface area contributed by atoms with Gasteiger partial charge in [0.15, 0.2) is 4.98 Å². The molecular weight excluding hydrogens is 166 g/mol. The van der Waals surface area contributed by atoms with Crippen molar-refractivity contribution in [1.29, 1.82) is 5.39 Å². The Morgan fingerprint density at radius 2 is 2.23 bits per heavy atom.